The van der Waals surface area contributed by atoms with Crippen LogP contribution in [-0.2, 0) is 29.2 Å². The molecule has 1 saturated heterocycles. The average molecular weight is 364 g/mol. The van der Waals surface area contributed by atoms with Crippen LogP contribution >= 0.6 is 0 Å². The summed E-state index contributed by atoms with van der Waals surface area (Å²) in [5.41, 5.74) is 0.872. The molecule has 0 N–H and O–H groups in total. The van der Waals surface area contributed by atoms with Crippen LogP contribution in [0.5, 0.6) is 5.75 Å². The van der Waals surface area contributed by atoms with Crippen molar-refractivity contribution in [3.63, 3.8) is 0 Å². The summed E-state index contributed by atoms with van der Waals surface area (Å²) < 4.78 is 60.0. The van der Waals surface area contributed by atoms with Gasteiger partial charge in [-0.15, -0.1) is 0 Å². The quantitative estimate of drug-likeness (QED) is 0.698. The molecule has 1 aromatic carbocycles. The first-order valence-corrected chi connectivity index (χ1v) is 10.7. The second-order valence-electron chi connectivity index (χ2n) is 5.58. The lowest BCUT2D eigenvalue weighted by molar-refractivity contribution is 0.0219. The maximum atomic E-state index is 11.2. The SMILES string of the molecule is CS(=O)(=O)OC[C@H]1COCC[C@H]1c1cccc(OS(C)(=O)=O)c1. The number of hydrogen-bond donors (Lipinski definition) is 0. The van der Waals surface area contributed by atoms with Crippen LogP contribution in [0.4, 0.5) is 0 Å². The minimum Gasteiger partial charge on any atom is -0.383 e. The molecule has 2 atom stereocenters. The van der Waals surface area contributed by atoms with Crippen molar-refractivity contribution in [1.29, 1.82) is 0 Å². The summed E-state index contributed by atoms with van der Waals surface area (Å²) in [7, 11) is -7.12. The van der Waals surface area contributed by atoms with Crippen LogP contribution < -0.4 is 4.18 Å². The normalized spacial score (nSPS) is 22.7. The fraction of sp³-hybridized carbons (Fsp3) is 0.571. The molecule has 0 saturated carbocycles. The van der Waals surface area contributed by atoms with Crippen LogP contribution in [0, 0.1) is 5.92 Å². The monoisotopic (exact) mass is 364 g/mol. The molecule has 23 heavy (non-hydrogen) atoms. The highest BCUT2D eigenvalue weighted by atomic mass is 32.2. The van der Waals surface area contributed by atoms with Gasteiger partial charge < -0.3 is 8.92 Å². The van der Waals surface area contributed by atoms with E-state index in [0.717, 1.165) is 18.1 Å². The van der Waals surface area contributed by atoms with E-state index in [0.29, 0.717) is 19.6 Å². The van der Waals surface area contributed by atoms with Gasteiger partial charge in [0.15, 0.2) is 0 Å². The van der Waals surface area contributed by atoms with Crippen molar-refractivity contribution in [3.8, 4) is 5.75 Å². The highest BCUT2D eigenvalue weighted by Crippen LogP contribution is 2.34. The predicted molar refractivity (Wildman–Crippen MR) is 84.4 cm³/mol. The Morgan fingerprint density at radius 1 is 1.17 bits per heavy atom. The topological polar surface area (TPSA) is 96.0 Å². The first kappa shape index (κ1) is 18.2. The van der Waals surface area contributed by atoms with Crippen LogP contribution in [0.3, 0.4) is 0 Å². The molecule has 0 radical (unpaired) electrons. The molecule has 2 rings (SSSR count). The van der Waals surface area contributed by atoms with E-state index < -0.39 is 20.2 Å². The Kier molecular flexibility index (Phi) is 5.66. The highest BCUT2D eigenvalue weighted by Gasteiger charge is 2.29. The van der Waals surface area contributed by atoms with Crippen molar-refractivity contribution >= 4 is 20.2 Å². The summed E-state index contributed by atoms with van der Waals surface area (Å²) >= 11 is 0. The number of hydrogen-bond acceptors (Lipinski definition) is 7. The van der Waals surface area contributed by atoms with Crippen LogP contribution in [0.25, 0.3) is 0 Å². The molecule has 1 aliphatic rings. The first-order chi connectivity index (χ1) is 10.6. The van der Waals surface area contributed by atoms with Gasteiger partial charge in [-0.2, -0.15) is 16.8 Å². The third-order valence-electron chi connectivity index (χ3n) is 3.50. The molecule has 1 fully saturated rings. The molecule has 1 aromatic rings. The van der Waals surface area contributed by atoms with Gasteiger partial charge in [0.05, 0.1) is 25.7 Å². The Balaban J connectivity index is 2.18. The third kappa shape index (κ3) is 6.09. The lowest BCUT2D eigenvalue weighted by Gasteiger charge is -2.31. The van der Waals surface area contributed by atoms with Gasteiger partial charge in [0.2, 0.25) is 0 Å². The summed E-state index contributed by atoms with van der Waals surface area (Å²) in [6.45, 7) is 0.967. The van der Waals surface area contributed by atoms with Gasteiger partial charge >= 0.3 is 10.1 Å². The third-order valence-corrected chi connectivity index (χ3v) is 4.56. The van der Waals surface area contributed by atoms with E-state index in [1.165, 1.54) is 0 Å². The van der Waals surface area contributed by atoms with Gasteiger partial charge in [0, 0.05) is 12.5 Å². The number of ether oxygens (including phenoxy) is 1. The molecule has 0 bridgehead atoms. The van der Waals surface area contributed by atoms with Gasteiger partial charge in [0.1, 0.15) is 5.75 Å². The van der Waals surface area contributed by atoms with E-state index in [1.807, 2.05) is 6.07 Å². The molecule has 1 aliphatic heterocycles. The summed E-state index contributed by atoms with van der Waals surface area (Å²) in [4.78, 5) is 0. The lowest BCUT2D eigenvalue weighted by atomic mass is 9.83. The molecule has 9 heteroatoms. The average Bonchev–Trinajstić information content (AvgIpc) is 2.43. The van der Waals surface area contributed by atoms with Crippen LogP contribution in [0.15, 0.2) is 24.3 Å². The van der Waals surface area contributed by atoms with Crippen molar-refractivity contribution in [1.82, 2.24) is 0 Å². The Labute approximate surface area is 136 Å². The molecule has 0 unspecified atom stereocenters. The largest absolute Gasteiger partial charge is 0.383 e. The first-order valence-electron chi connectivity index (χ1n) is 7.05. The van der Waals surface area contributed by atoms with Gasteiger partial charge in [0.25, 0.3) is 10.1 Å². The molecule has 0 spiro atoms. The smallest absolute Gasteiger partial charge is 0.306 e. The maximum Gasteiger partial charge on any atom is 0.306 e. The van der Waals surface area contributed by atoms with E-state index in [9.17, 15) is 16.8 Å². The molecule has 1 heterocycles. The fourth-order valence-electron chi connectivity index (χ4n) is 2.58. The highest BCUT2D eigenvalue weighted by molar-refractivity contribution is 7.86. The fourth-order valence-corrected chi connectivity index (χ4v) is 3.46. The molecule has 0 amide bonds. The molecule has 7 nitrogen and oxygen atoms in total. The zero-order valence-electron chi connectivity index (χ0n) is 13.0. The van der Waals surface area contributed by atoms with Crippen molar-refractivity contribution in [3.05, 3.63) is 29.8 Å². The minimum absolute atomic E-state index is 0.00797. The van der Waals surface area contributed by atoms with Crippen molar-refractivity contribution in [2.75, 3.05) is 32.3 Å². The van der Waals surface area contributed by atoms with E-state index in [1.54, 1.807) is 18.2 Å². The molecule has 0 aromatic heterocycles. The van der Waals surface area contributed by atoms with Crippen molar-refractivity contribution in [2.45, 2.75) is 12.3 Å². The Bertz CT molecular complexity index is 740. The van der Waals surface area contributed by atoms with Gasteiger partial charge in [-0.3, -0.25) is 4.18 Å². The zero-order valence-corrected chi connectivity index (χ0v) is 14.6. The standard InChI is InChI=1S/C14H20O7S2/c1-22(15,16)20-10-12-9-19-7-6-14(12)11-4-3-5-13(8-11)21-23(2,17)18/h3-5,8,12,14H,6-7,9-10H2,1-2H3/t12-,14+/m1/s1. The molecule has 130 valence electrons. The number of benzene rings is 1. The van der Waals surface area contributed by atoms with Crippen LogP contribution in [0.2, 0.25) is 0 Å². The van der Waals surface area contributed by atoms with Crippen molar-refractivity contribution in [2.24, 2.45) is 5.92 Å². The van der Waals surface area contributed by atoms with Crippen molar-refractivity contribution < 1.29 is 29.9 Å². The van der Waals surface area contributed by atoms with Gasteiger partial charge in [-0.25, -0.2) is 0 Å². The maximum absolute atomic E-state index is 11.2. The number of rotatable bonds is 6. The summed E-state index contributed by atoms with van der Waals surface area (Å²) in [5.74, 6) is 0.111. The zero-order chi connectivity index (χ0) is 17.1. The lowest BCUT2D eigenvalue weighted by Crippen LogP contribution is -2.30. The summed E-state index contributed by atoms with van der Waals surface area (Å²) in [6.07, 6.45) is 2.68. The van der Waals surface area contributed by atoms with Gasteiger partial charge in [-0.1, -0.05) is 12.1 Å². The van der Waals surface area contributed by atoms with Crippen LogP contribution in [0.1, 0.15) is 17.9 Å². The van der Waals surface area contributed by atoms with E-state index >= 15 is 0 Å². The summed E-state index contributed by atoms with van der Waals surface area (Å²) in [5, 5.41) is 0. The second kappa shape index (κ2) is 7.16. The Hall–Kier alpha value is -1.16. The van der Waals surface area contributed by atoms with E-state index in [-0.39, 0.29) is 24.2 Å². The molecule has 0 aliphatic carbocycles. The van der Waals surface area contributed by atoms with Crippen LogP contribution in [-0.4, -0.2) is 49.2 Å². The van der Waals surface area contributed by atoms with E-state index in [2.05, 4.69) is 0 Å². The minimum atomic E-state index is -3.60. The molecular formula is C14H20O7S2. The second-order valence-corrected chi connectivity index (χ2v) is 8.80. The van der Waals surface area contributed by atoms with Gasteiger partial charge in [-0.05, 0) is 30.0 Å². The Morgan fingerprint density at radius 2 is 1.91 bits per heavy atom. The molecular weight excluding hydrogens is 344 g/mol. The Morgan fingerprint density at radius 3 is 2.57 bits per heavy atom. The van der Waals surface area contributed by atoms with E-state index in [4.69, 9.17) is 13.1 Å². The predicted octanol–water partition coefficient (Wildman–Crippen LogP) is 1.12. The summed E-state index contributed by atoms with van der Waals surface area (Å²) in [6, 6.07) is 6.79.